The third-order valence-electron chi connectivity index (χ3n) is 4.62. The molecule has 140 valence electrons. The van der Waals surface area contributed by atoms with Crippen molar-refractivity contribution in [2.24, 2.45) is 0 Å². The second-order valence-corrected chi connectivity index (χ2v) is 6.75. The second-order valence-electron chi connectivity index (χ2n) is 6.75. The predicted molar refractivity (Wildman–Crippen MR) is 109 cm³/mol. The molecule has 1 aliphatic heterocycles. The molecule has 0 aromatic heterocycles. The number of hydrogen-bond donors (Lipinski definition) is 2. The summed E-state index contributed by atoms with van der Waals surface area (Å²) in [7, 11) is 0. The standard InChI is InChI=1S/C23H20N2O3/c1-15-23(27)25-20-14-19(11-12-21(20)28-15)24-22(26)13-16-7-9-18(10-8-16)17-5-3-2-4-6-17/h2-12,14-15H,13H2,1H3,(H,24,26)(H,25,27). The smallest absolute Gasteiger partial charge is 0.265 e. The van der Waals surface area contributed by atoms with E-state index in [1.54, 1.807) is 25.1 Å². The number of ether oxygens (including phenoxy) is 1. The summed E-state index contributed by atoms with van der Waals surface area (Å²) in [5.74, 6) is 0.278. The number of rotatable bonds is 4. The van der Waals surface area contributed by atoms with Crippen molar-refractivity contribution in [1.82, 2.24) is 0 Å². The first-order chi connectivity index (χ1) is 13.6. The first-order valence-corrected chi connectivity index (χ1v) is 9.14. The lowest BCUT2D eigenvalue weighted by molar-refractivity contribution is -0.122. The number of fused-ring (bicyclic) bond motifs is 1. The van der Waals surface area contributed by atoms with Gasteiger partial charge in [0, 0.05) is 5.69 Å². The number of amides is 2. The molecule has 4 rings (SSSR count). The van der Waals surface area contributed by atoms with Gasteiger partial charge in [0.15, 0.2) is 6.10 Å². The molecule has 1 heterocycles. The van der Waals surface area contributed by atoms with E-state index in [0.29, 0.717) is 17.1 Å². The SMILES string of the molecule is CC1Oc2ccc(NC(=O)Cc3ccc(-c4ccccc4)cc3)cc2NC1=O. The van der Waals surface area contributed by atoms with E-state index in [2.05, 4.69) is 22.8 Å². The van der Waals surface area contributed by atoms with Crippen LogP contribution in [0.2, 0.25) is 0 Å². The van der Waals surface area contributed by atoms with Gasteiger partial charge in [-0.3, -0.25) is 9.59 Å². The van der Waals surface area contributed by atoms with E-state index in [1.807, 2.05) is 42.5 Å². The van der Waals surface area contributed by atoms with Crippen LogP contribution in [0.4, 0.5) is 11.4 Å². The van der Waals surface area contributed by atoms with Gasteiger partial charge in [-0.1, -0.05) is 54.6 Å². The van der Waals surface area contributed by atoms with E-state index in [-0.39, 0.29) is 18.2 Å². The fourth-order valence-corrected chi connectivity index (χ4v) is 3.12. The number of anilines is 2. The Morgan fingerprint density at radius 1 is 1.00 bits per heavy atom. The van der Waals surface area contributed by atoms with E-state index in [4.69, 9.17) is 4.74 Å². The van der Waals surface area contributed by atoms with Gasteiger partial charge in [-0.15, -0.1) is 0 Å². The van der Waals surface area contributed by atoms with Gasteiger partial charge in [0.2, 0.25) is 5.91 Å². The lowest BCUT2D eigenvalue weighted by Gasteiger charge is -2.23. The maximum absolute atomic E-state index is 12.4. The molecular formula is C23H20N2O3. The lowest BCUT2D eigenvalue weighted by Crippen LogP contribution is -2.34. The van der Waals surface area contributed by atoms with Crippen LogP contribution in [-0.4, -0.2) is 17.9 Å². The lowest BCUT2D eigenvalue weighted by atomic mass is 10.0. The quantitative estimate of drug-likeness (QED) is 0.719. The van der Waals surface area contributed by atoms with Gasteiger partial charge in [-0.2, -0.15) is 0 Å². The molecule has 0 bridgehead atoms. The van der Waals surface area contributed by atoms with Gasteiger partial charge >= 0.3 is 0 Å². The molecule has 2 N–H and O–H groups in total. The maximum atomic E-state index is 12.4. The number of nitrogens with one attached hydrogen (secondary N) is 2. The molecule has 0 saturated heterocycles. The molecule has 0 radical (unpaired) electrons. The van der Waals surface area contributed by atoms with Crippen molar-refractivity contribution >= 4 is 23.2 Å². The van der Waals surface area contributed by atoms with E-state index < -0.39 is 6.10 Å². The summed E-state index contributed by atoms with van der Waals surface area (Å²) in [6.45, 7) is 1.69. The van der Waals surface area contributed by atoms with Gasteiger partial charge < -0.3 is 15.4 Å². The Morgan fingerprint density at radius 2 is 1.71 bits per heavy atom. The molecule has 1 aliphatic rings. The molecule has 0 fully saturated rings. The Balaban J connectivity index is 1.41. The van der Waals surface area contributed by atoms with Crippen molar-refractivity contribution in [2.45, 2.75) is 19.4 Å². The summed E-state index contributed by atoms with van der Waals surface area (Å²) in [5.41, 5.74) is 4.37. The fraction of sp³-hybridized carbons (Fsp3) is 0.130. The summed E-state index contributed by atoms with van der Waals surface area (Å²) < 4.78 is 5.52. The van der Waals surface area contributed by atoms with Crippen LogP contribution in [0.3, 0.4) is 0 Å². The average Bonchev–Trinajstić information content (AvgIpc) is 2.70. The minimum absolute atomic E-state index is 0.121. The molecule has 3 aromatic rings. The summed E-state index contributed by atoms with van der Waals surface area (Å²) in [4.78, 5) is 24.1. The Bertz CT molecular complexity index is 1010. The summed E-state index contributed by atoms with van der Waals surface area (Å²) in [6.07, 6.45) is -0.252. The van der Waals surface area contributed by atoms with Crippen molar-refractivity contribution in [3.05, 3.63) is 78.4 Å². The highest BCUT2D eigenvalue weighted by molar-refractivity contribution is 5.99. The normalized spacial score (nSPS) is 15.2. The molecule has 3 aromatic carbocycles. The van der Waals surface area contributed by atoms with Crippen LogP contribution in [0.5, 0.6) is 5.75 Å². The van der Waals surface area contributed by atoms with Gasteiger partial charge in [-0.05, 0) is 41.8 Å². The van der Waals surface area contributed by atoms with Crippen LogP contribution in [-0.2, 0) is 16.0 Å². The fourth-order valence-electron chi connectivity index (χ4n) is 3.12. The molecule has 2 amide bonds. The highest BCUT2D eigenvalue weighted by Crippen LogP contribution is 2.32. The molecule has 0 saturated carbocycles. The number of carbonyl (C=O) groups excluding carboxylic acids is 2. The zero-order valence-electron chi connectivity index (χ0n) is 15.4. The molecular weight excluding hydrogens is 352 g/mol. The Kier molecular flexibility index (Phi) is 4.81. The average molecular weight is 372 g/mol. The molecule has 0 aliphatic carbocycles. The Labute approximate surface area is 163 Å². The highest BCUT2D eigenvalue weighted by atomic mass is 16.5. The van der Waals surface area contributed by atoms with Gasteiger partial charge in [0.1, 0.15) is 5.75 Å². The highest BCUT2D eigenvalue weighted by Gasteiger charge is 2.23. The third kappa shape index (κ3) is 3.88. The van der Waals surface area contributed by atoms with Crippen LogP contribution < -0.4 is 15.4 Å². The first kappa shape index (κ1) is 17.8. The first-order valence-electron chi connectivity index (χ1n) is 9.14. The topological polar surface area (TPSA) is 67.4 Å². The van der Waals surface area contributed by atoms with E-state index in [9.17, 15) is 9.59 Å². The summed E-state index contributed by atoms with van der Waals surface area (Å²) in [6, 6.07) is 23.3. The van der Waals surface area contributed by atoms with Gasteiger partial charge in [0.25, 0.3) is 5.91 Å². The van der Waals surface area contributed by atoms with Crippen LogP contribution in [0.15, 0.2) is 72.8 Å². The maximum Gasteiger partial charge on any atom is 0.265 e. The van der Waals surface area contributed by atoms with E-state index in [1.165, 1.54) is 0 Å². The van der Waals surface area contributed by atoms with Crippen LogP contribution >= 0.6 is 0 Å². The van der Waals surface area contributed by atoms with Crippen LogP contribution in [0.25, 0.3) is 11.1 Å². The predicted octanol–water partition coefficient (Wildman–Crippen LogP) is 4.25. The molecule has 28 heavy (non-hydrogen) atoms. The van der Waals surface area contributed by atoms with Gasteiger partial charge in [-0.25, -0.2) is 0 Å². The van der Waals surface area contributed by atoms with Crippen molar-refractivity contribution in [3.8, 4) is 16.9 Å². The Hall–Kier alpha value is -3.60. The monoisotopic (exact) mass is 372 g/mol. The van der Waals surface area contributed by atoms with Crippen molar-refractivity contribution < 1.29 is 14.3 Å². The number of carbonyl (C=O) groups is 2. The minimum atomic E-state index is -0.521. The zero-order valence-corrected chi connectivity index (χ0v) is 15.4. The number of benzene rings is 3. The van der Waals surface area contributed by atoms with Gasteiger partial charge in [0.05, 0.1) is 12.1 Å². The molecule has 1 unspecified atom stereocenters. The molecule has 5 nitrogen and oxygen atoms in total. The van der Waals surface area contributed by atoms with Crippen molar-refractivity contribution in [2.75, 3.05) is 10.6 Å². The second kappa shape index (κ2) is 7.56. The van der Waals surface area contributed by atoms with Crippen LogP contribution in [0, 0.1) is 0 Å². The zero-order chi connectivity index (χ0) is 19.5. The van der Waals surface area contributed by atoms with E-state index in [0.717, 1.165) is 16.7 Å². The van der Waals surface area contributed by atoms with Crippen molar-refractivity contribution in [3.63, 3.8) is 0 Å². The molecule has 5 heteroatoms. The van der Waals surface area contributed by atoms with Crippen LogP contribution in [0.1, 0.15) is 12.5 Å². The van der Waals surface area contributed by atoms with Crippen molar-refractivity contribution in [1.29, 1.82) is 0 Å². The molecule has 0 spiro atoms. The third-order valence-corrected chi connectivity index (χ3v) is 4.62. The number of hydrogen-bond acceptors (Lipinski definition) is 3. The Morgan fingerprint density at radius 3 is 2.46 bits per heavy atom. The largest absolute Gasteiger partial charge is 0.479 e. The summed E-state index contributed by atoms with van der Waals surface area (Å²) in [5, 5.41) is 5.65. The molecule has 1 atom stereocenters. The summed E-state index contributed by atoms with van der Waals surface area (Å²) >= 11 is 0. The minimum Gasteiger partial charge on any atom is -0.479 e. The van der Waals surface area contributed by atoms with E-state index >= 15 is 0 Å².